The van der Waals surface area contributed by atoms with Gasteiger partial charge in [0.1, 0.15) is 31.3 Å². The molecular formula is C20H32N4O21P4. The van der Waals surface area contributed by atoms with Crippen molar-refractivity contribution in [3.8, 4) is 0 Å². The molecule has 3 heterocycles. The van der Waals surface area contributed by atoms with Crippen molar-refractivity contribution in [2.24, 2.45) is 0 Å². The summed E-state index contributed by atoms with van der Waals surface area (Å²) in [5, 5.41) is 9.74. The van der Waals surface area contributed by atoms with E-state index in [-0.39, 0.29) is 17.5 Å². The molecule has 0 amide bonds. The van der Waals surface area contributed by atoms with Gasteiger partial charge in [0.2, 0.25) is 0 Å². The molecule has 1 aliphatic rings. The van der Waals surface area contributed by atoms with Crippen LogP contribution in [0.4, 0.5) is 0 Å². The number of aliphatic hydroxyl groups is 1. The first-order valence-corrected chi connectivity index (χ1v) is 19.4. The number of rotatable bonds is 17. The van der Waals surface area contributed by atoms with Crippen LogP contribution < -0.4 is 22.5 Å². The van der Waals surface area contributed by atoms with Crippen LogP contribution >= 0.6 is 31.3 Å². The van der Waals surface area contributed by atoms with E-state index in [1.807, 2.05) is 4.98 Å². The number of hydrogen-bond acceptors (Lipinski definition) is 16. The molecule has 1 aliphatic heterocycles. The van der Waals surface area contributed by atoms with Crippen LogP contribution in [0.5, 0.6) is 0 Å². The van der Waals surface area contributed by atoms with Crippen LogP contribution in [-0.2, 0) is 56.7 Å². The predicted octanol–water partition coefficient (Wildman–Crippen LogP) is -1.44. The molecule has 29 heteroatoms. The largest absolute Gasteiger partial charge is 0.490 e. The average Bonchev–Trinajstić information content (AvgIpc) is 3.32. The van der Waals surface area contributed by atoms with Crippen LogP contribution in [0, 0.1) is 13.8 Å². The van der Waals surface area contributed by atoms with Crippen LogP contribution in [-0.4, -0.2) is 86.3 Å². The maximum atomic E-state index is 13.0. The molecule has 3 rings (SSSR count). The first kappa shape index (κ1) is 41.2. The van der Waals surface area contributed by atoms with E-state index in [9.17, 15) is 57.2 Å². The summed E-state index contributed by atoms with van der Waals surface area (Å²) in [5.41, 5.74) is -3.11. The molecule has 0 radical (unpaired) electrons. The van der Waals surface area contributed by atoms with Gasteiger partial charge in [-0.05, 0) is 20.8 Å². The molecule has 1 fully saturated rings. The SMILES string of the molecule is Cc1cn(CO[C@H](COP(=O)(O)O[C@@H]2C[C@H](n3cc(C)c(=O)[nH]c3=O)O[C@@H]2CO)C(C)OP(=O)(O)OP(=O)(O)OP(=O)(O)O)c(=O)[nH]c1=O. The smallest absolute Gasteiger partial charge is 0.394 e. The molecule has 1 saturated heterocycles. The predicted molar refractivity (Wildman–Crippen MR) is 158 cm³/mol. The van der Waals surface area contributed by atoms with Crippen molar-refractivity contribution in [3.05, 3.63) is 65.2 Å². The fourth-order valence-electron chi connectivity index (χ4n) is 4.10. The Morgan fingerprint density at radius 1 is 0.898 bits per heavy atom. The minimum Gasteiger partial charge on any atom is -0.394 e. The second-order valence-corrected chi connectivity index (χ2v) is 16.0. The number of ether oxygens (including phenoxy) is 2. The lowest BCUT2D eigenvalue weighted by molar-refractivity contribution is -0.0824. The average molecular weight is 788 g/mol. The summed E-state index contributed by atoms with van der Waals surface area (Å²) in [6.07, 6.45) is -5.60. The van der Waals surface area contributed by atoms with E-state index >= 15 is 0 Å². The van der Waals surface area contributed by atoms with Crippen molar-refractivity contribution in [1.29, 1.82) is 0 Å². The van der Waals surface area contributed by atoms with Gasteiger partial charge in [-0.2, -0.15) is 8.62 Å². The van der Waals surface area contributed by atoms with E-state index in [1.165, 1.54) is 13.8 Å². The molecule has 25 nitrogen and oxygen atoms in total. The second kappa shape index (κ2) is 16.0. The highest BCUT2D eigenvalue weighted by molar-refractivity contribution is 7.66. The molecule has 0 aliphatic carbocycles. The summed E-state index contributed by atoms with van der Waals surface area (Å²) in [7, 11) is -22.6. The van der Waals surface area contributed by atoms with Crippen LogP contribution in [0.25, 0.3) is 0 Å². The number of aryl methyl sites for hydroxylation is 2. The highest BCUT2D eigenvalue weighted by atomic mass is 31.3. The summed E-state index contributed by atoms with van der Waals surface area (Å²) >= 11 is 0. The summed E-state index contributed by atoms with van der Waals surface area (Å²) in [4.78, 5) is 99.1. The van der Waals surface area contributed by atoms with Crippen LogP contribution in [0.3, 0.4) is 0 Å². The van der Waals surface area contributed by atoms with E-state index in [2.05, 4.69) is 18.1 Å². The van der Waals surface area contributed by atoms with Gasteiger partial charge in [-0.15, -0.1) is 0 Å². The van der Waals surface area contributed by atoms with Crippen LogP contribution in [0.15, 0.2) is 31.6 Å². The van der Waals surface area contributed by atoms with Gasteiger partial charge in [-0.25, -0.2) is 27.8 Å². The van der Waals surface area contributed by atoms with E-state index in [1.54, 1.807) is 0 Å². The molecule has 2 aromatic rings. The highest BCUT2D eigenvalue weighted by Crippen LogP contribution is 2.66. The Morgan fingerprint density at radius 3 is 2.08 bits per heavy atom. The molecule has 49 heavy (non-hydrogen) atoms. The van der Waals surface area contributed by atoms with Crippen molar-refractivity contribution < 1.29 is 79.5 Å². The first-order chi connectivity index (χ1) is 22.4. The Balaban J connectivity index is 1.79. The molecular weight excluding hydrogens is 756 g/mol. The standard InChI is InChI=1S/C20H32N4O21P4/c1-10-5-23(19(28)21-17(10)26)9-39-15(12(3)42-48(35,36)45-49(37,38)44-46(30,31)32)8-40-47(33,34)43-13-4-16(41-14(13)7-25)24-6-11(2)18(27)22-20(24)29/h5-6,12-16,25H,4,7-9H2,1-3H3,(H,33,34)(H,35,36)(H,37,38)(H,21,26,28)(H,22,27,29)(H2,30,31,32)/t12?,13-,14-,15-,16-/m1/s1. The summed E-state index contributed by atoms with van der Waals surface area (Å²) in [6.45, 7) is 1.05. The maximum absolute atomic E-state index is 13.0. The van der Waals surface area contributed by atoms with Crippen molar-refractivity contribution in [1.82, 2.24) is 19.1 Å². The number of nitrogens with one attached hydrogen (secondary N) is 2. The number of aliphatic hydroxyl groups excluding tert-OH is 1. The third kappa shape index (κ3) is 12.2. The topological polar surface area (TPSA) is 364 Å². The van der Waals surface area contributed by atoms with Gasteiger partial charge in [0.15, 0.2) is 0 Å². The third-order valence-corrected chi connectivity index (χ3v) is 11.3. The van der Waals surface area contributed by atoms with Crippen molar-refractivity contribution in [2.45, 2.75) is 64.6 Å². The van der Waals surface area contributed by atoms with E-state index in [4.69, 9.17) is 28.3 Å². The molecule has 278 valence electrons. The van der Waals surface area contributed by atoms with Gasteiger partial charge >= 0.3 is 42.7 Å². The Hall–Kier alpha value is -2.24. The number of aromatic nitrogens is 4. The zero-order valence-electron chi connectivity index (χ0n) is 25.4. The zero-order valence-corrected chi connectivity index (χ0v) is 28.9. The number of nitrogens with zero attached hydrogens (tertiary/aromatic N) is 2. The zero-order chi connectivity index (χ0) is 37.1. The second-order valence-electron chi connectivity index (χ2n) is 10.2. The number of hydrogen-bond donors (Lipinski definition) is 8. The molecule has 2 aromatic heterocycles. The molecule has 0 bridgehead atoms. The van der Waals surface area contributed by atoms with Crippen molar-refractivity contribution in [2.75, 3.05) is 13.2 Å². The molecule has 8 atom stereocenters. The molecule has 4 unspecified atom stereocenters. The Bertz CT molecular complexity index is 1930. The van der Waals surface area contributed by atoms with Gasteiger partial charge in [-0.1, -0.05) is 0 Å². The number of aromatic amines is 2. The lowest BCUT2D eigenvalue weighted by Gasteiger charge is -2.27. The molecule has 0 saturated carbocycles. The third-order valence-electron chi connectivity index (χ3n) is 6.34. The maximum Gasteiger partial charge on any atom is 0.490 e. The van der Waals surface area contributed by atoms with Crippen LogP contribution in [0.1, 0.15) is 30.7 Å². The van der Waals surface area contributed by atoms with Crippen molar-refractivity contribution >= 4 is 31.3 Å². The summed E-state index contributed by atoms with van der Waals surface area (Å²) < 4.78 is 82.8. The normalized spacial score (nSPS) is 23.3. The fourth-order valence-corrected chi connectivity index (χ4v) is 8.28. The van der Waals surface area contributed by atoms with Gasteiger partial charge in [0.25, 0.3) is 11.1 Å². The molecule has 0 aromatic carbocycles. The Kier molecular flexibility index (Phi) is 13.4. The fraction of sp³-hybridized carbons (Fsp3) is 0.600. The van der Waals surface area contributed by atoms with E-state index in [0.29, 0.717) is 0 Å². The van der Waals surface area contributed by atoms with Gasteiger partial charge in [0, 0.05) is 29.9 Å². The highest BCUT2D eigenvalue weighted by Gasteiger charge is 2.44. The quantitative estimate of drug-likeness (QED) is 0.0851. The Morgan fingerprint density at radius 2 is 1.49 bits per heavy atom. The molecule has 8 N–H and O–H groups in total. The Labute approximate surface area is 273 Å². The number of phosphoric ester groups is 2. The first-order valence-electron chi connectivity index (χ1n) is 13.4. The van der Waals surface area contributed by atoms with E-state index < -0.39 is 104 Å². The minimum absolute atomic E-state index is 0.0420. The lowest BCUT2D eigenvalue weighted by atomic mass is 10.2. The van der Waals surface area contributed by atoms with Gasteiger partial charge in [0.05, 0.1) is 19.3 Å². The minimum atomic E-state index is -5.93. The number of H-pyrrole nitrogens is 2. The van der Waals surface area contributed by atoms with Crippen molar-refractivity contribution in [3.63, 3.8) is 0 Å². The lowest BCUT2D eigenvalue weighted by Crippen LogP contribution is -2.37. The summed E-state index contributed by atoms with van der Waals surface area (Å²) in [5.74, 6) is 0. The molecule has 0 spiro atoms. The van der Waals surface area contributed by atoms with E-state index in [0.717, 1.165) is 28.5 Å². The van der Waals surface area contributed by atoms with Gasteiger partial charge in [-0.3, -0.25) is 42.3 Å². The summed E-state index contributed by atoms with van der Waals surface area (Å²) in [6, 6.07) is 0. The monoisotopic (exact) mass is 788 g/mol. The van der Waals surface area contributed by atoms with Crippen LogP contribution in [0.2, 0.25) is 0 Å². The number of phosphoric acid groups is 4. The van der Waals surface area contributed by atoms with Gasteiger partial charge < -0.3 is 39.0 Å².